The van der Waals surface area contributed by atoms with E-state index in [0.717, 1.165) is 10.9 Å². The van der Waals surface area contributed by atoms with Gasteiger partial charge in [0.15, 0.2) is 12.4 Å². The monoisotopic (exact) mass is 342 g/mol. The number of carbonyl (C=O) groups excluding carboxylic acids is 1. The molecule has 0 aliphatic heterocycles. The molecular formula is C17H15ClN4O2. The van der Waals surface area contributed by atoms with E-state index in [1.54, 1.807) is 12.1 Å². The Bertz CT molecular complexity index is 943. The van der Waals surface area contributed by atoms with Crippen molar-refractivity contribution in [1.82, 2.24) is 9.97 Å². The van der Waals surface area contributed by atoms with Crippen LogP contribution in [0.25, 0.3) is 10.9 Å². The number of nitrogen functional groups attached to an aromatic ring is 2. The van der Waals surface area contributed by atoms with E-state index >= 15 is 0 Å². The largest absolute Gasteiger partial charge is 0.454 e. The number of aryl methyl sites for hydroxylation is 1. The average molecular weight is 343 g/mol. The number of ether oxygens (including phenoxy) is 1. The van der Waals surface area contributed by atoms with Crippen LogP contribution in [0.15, 0.2) is 36.4 Å². The number of rotatable bonds is 3. The first-order valence-corrected chi connectivity index (χ1v) is 7.57. The zero-order chi connectivity index (χ0) is 17.3. The first kappa shape index (κ1) is 16.0. The van der Waals surface area contributed by atoms with Gasteiger partial charge < -0.3 is 16.2 Å². The molecule has 0 radical (unpaired) electrons. The lowest BCUT2D eigenvalue weighted by atomic mass is 10.1. The third kappa shape index (κ3) is 3.09. The van der Waals surface area contributed by atoms with Crippen molar-refractivity contribution < 1.29 is 9.53 Å². The van der Waals surface area contributed by atoms with Crippen LogP contribution in [0.5, 0.6) is 0 Å². The average Bonchev–Trinajstić information content (AvgIpc) is 2.56. The Morgan fingerprint density at radius 2 is 1.96 bits per heavy atom. The second kappa shape index (κ2) is 6.33. The number of nitrogens with two attached hydrogens (primary N) is 2. The summed E-state index contributed by atoms with van der Waals surface area (Å²) in [4.78, 5) is 20.7. The van der Waals surface area contributed by atoms with Crippen molar-refractivity contribution in [3.63, 3.8) is 0 Å². The lowest BCUT2D eigenvalue weighted by molar-refractivity contribution is 0.0464. The first-order valence-electron chi connectivity index (χ1n) is 7.19. The van der Waals surface area contributed by atoms with Crippen LogP contribution in [0.1, 0.15) is 21.7 Å². The van der Waals surface area contributed by atoms with Crippen LogP contribution in [0.4, 0.5) is 11.5 Å². The van der Waals surface area contributed by atoms with Gasteiger partial charge in [-0.2, -0.15) is 0 Å². The maximum absolute atomic E-state index is 12.2. The van der Waals surface area contributed by atoms with E-state index in [-0.39, 0.29) is 17.9 Å². The predicted molar refractivity (Wildman–Crippen MR) is 93.7 cm³/mol. The highest BCUT2D eigenvalue weighted by Crippen LogP contribution is 2.25. The van der Waals surface area contributed by atoms with Gasteiger partial charge in [-0.3, -0.25) is 0 Å². The lowest BCUT2D eigenvalue weighted by Gasteiger charge is -2.10. The van der Waals surface area contributed by atoms with E-state index in [4.69, 9.17) is 27.8 Å². The standard InChI is InChI=1S/C17H15ClN4O2/c1-9-6-11(15(19)12(18)7-9)17(23)24-8-14-21-13-5-3-2-4-10(13)16(20)22-14/h2-7H,8,19H2,1H3,(H2,20,21,22). The number of benzene rings is 2. The molecule has 0 fully saturated rings. The molecule has 0 saturated heterocycles. The highest BCUT2D eigenvalue weighted by Gasteiger charge is 2.15. The van der Waals surface area contributed by atoms with Gasteiger partial charge in [-0.15, -0.1) is 0 Å². The summed E-state index contributed by atoms with van der Waals surface area (Å²) in [6, 6.07) is 10.7. The summed E-state index contributed by atoms with van der Waals surface area (Å²) >= 11 is 5.99. The Morgan fingerprint density at radius 3 is 2.75 bits per heavy atom. The van der Waals surface area contributed by atoms with Crippen LogP contribution in [0.2, 0.25) is 5.02 Å². The van der Waals surface area contributed by atoms with E-state index in [1.165, 1.54) is 0 Å². The molecule has 0 aliphatic carbocycles. The predicted octanol–water partition coefficient (Wildman–Crippen LogP) is 3.11. The SMILES string of the molecule is Cc1cc(Cl)c(N)c(C(=O)OCc2nc(N)c3ccccc3n2)c1. The molecular weight excluding hydrogens is 328 g/mol. The van der Waals surface area contributed by atoms with E-state index < -0.39 is 5.97 Å². The maximum atomic E-state index is 12.2. The number of hydrogen-bond acceptors (Lipinski definition) is 6. The van der Waals surface area contributed by atoms with Crippen LogP contribution < -0.4 is 11.5 Å². The molecule has 0 atom stereocenters. The van der Waals surface area contributed by atoms with Gasteiger partial charge >= 0.3 is 5.97 Å². The minimum absolute atomic E-state index is 0.112. The zero-order valence-corrected chi connectivity index (χ0v) is 13.7. The summed E-state index contributed by atoms with van der Waals surface area (Å²) in [6.07, 6.45) is 0. The molecule has 0 aliphatic rings. The summed E-state index contributed by atoms with van der Waals surface area (Å²) < 4.78 is 5.25. The van der Waals surface area contributed by atoms with Crippen molar-refractivity contribution in [3.05, 3.63) is 58.4 Å². The minimum atomic E-state index is -0.589. The fourth-order valence-electron chi connectivity index (χ4n) is 2.35. The molecule has 0 unspecified atom stereocenters. The second-order valence-electron chi connectivity index (χ2n) is 5.33. The van der Waals surface area contributed by atoms with Gasteiger partial charge in [0, 0.05) is 5.39 Å². The molecule has 122 valence electrons. The topological polar surface area (TPSA) is 104 Å². The van der Waals surface area contributed by atoms with E-state index in [2.05, 4.69) is 9.97 Å². The lowest BCUT2D eigenvalue weighted by Crippen LogP contribution is -2.11. The quantitative estimate of drug-likeness (QED) is 0.559. The molecule has 24 heavy (non-hydrogen) atoms. The molecule has 6 nitrogen and oxygen atoms in total. The molecule has 2 aromatic carbocycles. The third-order valence-corrected chi connectivity index (χ3v) is 3.82. The Morgan fingerprint density at radius 1 is 1.21 bits per heavy atom. The Hall–Kier alpha value is -2.86. The Labute approximate surface area is 143 Å². The van der Waals surface area contributed by atoms with Gasteiger partial charge in [-0.05, 0) is 36.8 Å². The van der Waals surface area contributed by atoms with Crippen molar-refractivity contribution in [2.45, 2.75) is 13.5 Å². The number of halogens is 1. The highest BCUT2D eigenvalue weighted by molar-refractivity contribution is 6.34. The number of nitrogens with zero attached hydrogens (tertiary/aromatic N) is 2. The fourth-order valence-corrected chi connectivity index (χ4v) is 2.62. The van der Waals surface area contributed by atoms with Gasteiger partial charge in [-0.1, -0.05) is 23.7 Å². The number of carbonyl (C=O) groups is 1. The summed E-state index contributed by atoms with van der Waals surface area (Å²) in [5.74, 6) is 0.0649. The fraction of sp³-hybridized carbons (Fsp3) is 0.118. The first-order chi connectivity index (χ1) is 11.5. The number of fused-ring (bicyclic) bond motifs is 1. The summed E-state index contributed by atoms with van der Waals surface area (Å²) in [7, 11) is 0. The van der Waals surface area contributed by atoms with Crippen LogP contribution in [-0.2, 0) is 11.3 Å². The van der Waals surface area contributed by atoms with Gasteiger partial charge in [0.25, 0.3) is 0 Å². The number of esters is 1. The Balaban J connectivity index is 1.82. The summed E-state index contributed by atoms with van der Waals surface area (Å²) in [5, 5.41) is 1.07. The van der Waals surface area contributed by atoms with E-state index in [1.807, 2.05) is 31.2 Å². The molecule has 7 heteroatoms. The molecule has 0 spiro atoms. The normalized spacial score (nSPS) is 10.8. The molecule has 3 rings (SSSR count). The number of para-hydroxylation sites is 1. The van der Waals surface area contributed by atoms with Crippen molar-refractivity contribution in [3.8, 4) is 0 Å². The third-order valence-electron chi connectivity index (χ3n) is 3.51. The van der Waals surface area contributed by atoms with Gasteiger partial charge in [0.05, 0.1) is 21.8 Å². The van der Waals surface area contributed by atoms with Crippen molar-refractivity contribution in [1.29, 1.82) is 0 Å². The van der Waals surface area contributed by atoms with Crippen molar-refractivity contribution in [2.24, 2.45) is 0 Å². The van der Waals surface area contributed by atoms with Crippen LogP contribution in [-0.4, -0.2) is 15.9 Å². The molecule has 3 aromatic rings. The van der Waals surface area contributed by atoms with Gasteiger partial charge in [-0.25, -0.2) is 14.8 Å². The summed E-state index contributed by atoms with van der Waals surface area (Å²) in [6.45, 7) is 1.70. The molecule has 1 aromatic heterocycles. The van der Waals surface area contributed by atoms with E-state index in [9.17, 15) is 4.79 Å². The molecule has 0 amide bonds. The van der Waals surface area contributed by atoms with Gasteiger partial charge in [0.2, 0.25) is 0 Å². The maximum Gasteiger partial charge on any atom is 0.340 e. The smallest absolute Gasteiger partial charge is 0.340 e. The van der Waals surface area contributed by atoms with Crippen molar-refractivity contribution >= 4 is 40.0 Å². The summed E-state index contributed by atoms with van der Waals surface area (Å²) in [5.41, 5.74) is 13.6. The van der Waals surface area contributed by atoms with Crippen molar-refractivity contribution in [2.75, 3.05) is 11.5 Å². The van der Waals surface area contributed by atoms with E-state index in [0.29, 0.717) is 22.2 Å². The number of hydrogen-bond donors (Lipinski definition) is 2. The minimum Gasteiger partial charge on any atom is -0.454 e. The van der Waals surface area contributed by atoms with Crippen LogP contribution in [0, 0.1) is 6.92 Å². The van der Waals surface area contributed by atoms with Crippen LogP contribution in [0.3, 0.4) is 0 Å². The van der Waals surface area contributed by atoms with Crippen LogP contribution >= 0.6 is 11.6 Å². The highest BCUT2D eigenvalue weighted by atomic mass is 35.5. The second-order valence-corrected chi connectivity index (χ2v) is 5.73. The molecule has 1 heterocycles. The molecule has 0 bridgehead atoms. The number of aromatic nitrogens is 2. The number of anilines is 2. The zero-order valence-electron chi connectivity index (χ0n) is 12.9. The molecule has 0 saturated carbocycles. The molecule has 4 N–H and O–H groups in total. The van der Waals surface area contributed by atoms with Gasteiger partial charge in [0.1, 0.15) is 5.82 Å². The Kier molecular flexibility index (Phi) is 4.22.